The number of carboxylic acids is 1. The number of hydrogen-bond acceptors (Lipinski definition) is 6. The Labute approximate surface area is 123 Å². The van der Waals surface area contributed by atoms with Crippen LogP contribution < -0.4 is 11.3 Å². The van der Waals surface area contributed by atoms with Gasteiger partial charge < -0.3 is 20.8 Å². The number of carbonyl (C=O) groups excluding carboxylic acids is 5. The number of carbonyl (C=O) groups is 5. The fourth-order valence-corrected chi connectivity index (χ4v) is 1.49. The standard InChI is InChI=1S/C14H20O6.H3N/c1-10(15)2-3-11(16)4-5-12(17)6-7-13(18)8-9-14(19)20;/h2-9H2,1H3,(H,19,20);1H3. The van der Waals surface area contributed by atoms with Crippen LogP contribution in [0, 0.1) is 0 Å². The molecule has 0 atom stereocenters. The van der Waals surface area contributed by atoms with E-state index < -0.39 is 5.97 Å². The number of aliphatic carboxylic acids is 1. The summed E-state index contributed by atoms with van der Waals surface area (Å²) in [5, 5.41) is 10.1. The van der Waals surface area contributed by atoms with Crippen molar-refractivity contribution in [1.29, 1.82) is 0 Å². The quantitative estimate of drug-likeness (QED) is 0.556. The first-order valence-electron chi connectivity index (χ1n) is 6.55. The number of quaternary nitrogens is 1. The maximum atomic E-state index is 11.4. The van der Waals surface area contributed by atoms with E-state index in [2.05, 4.69) is 0 Å². The van der Waals surface area contributed by atoms with Crippen molar-refractivity contribution >= 4 is 29.1 Å². The molecule has 0 amide bonds. The average molecular weight is 301 g/mol. The third kappa shape index (κ3) is 14.3. The summed E-state index contributed by atoms with van der Waals surface area (Å²) in [5.41, 5.74) is 0. The first kappa shape index (κ1) is 21.4. The molecule has 0 heterocycles. The molecule has 0 unspecified atom stereocenters. The van der Waals surface area contributed by atoms with Gasteiger partial charge in [-0.05, 0) is 13.3 Å². The van der Waals surface area contributed by atoms with Crippen LogP contribution in [0.1, 0.15) is 58.3 Å². The first-order valence-corrected chi connectivity index (χ1v) is 6.55. The van der Waals surface area contributed by atoms with Gasteiger partial charge in [0.1, 0.15) is 23.1 Å². The maximum Gasteiger partial charge on any atom is 0.133 e. The lowest BCUT2D eigenvalue weighted by Gasteiger charge is -2.02. The fourth-order valence-electron chi connectivity index (χ4n) is 1.49. The molecule has 7 nitrogen and oxygen atoms in total. The first-order chi connectivity index (χ1) is 9.31. The van der Waals surface area contributed by atoms with Gasteiger partial charge in [0.15, 0.2) is 0 Å². The Morgan fingerprint density at radius 2 is 0.905 bits per heavy atom. The summed E-state index contributed by atoms with van der Waals surface area (Å²) in [5.74, 6) is -2.01. The van der Waals surface area contributed by atoms with Gasteiger partial charge >= 0.3 is 0 Å². The van der Waals surface area contributed by atoms with Crippen LogP contribution >= 0.6 is 0 Å². The normalized spacial score (nSPS) is 9.57. The van der Waals surface area contributed by atoms with Crippen molar-refractivity contribution in [3.05, 3.63) is 0 Å². The Kier molecular flexibility index (Phi) is 12.1. The van der Waals surface area contributed by atoms with E-state index in [1.54, 1.807) is 0 Å². The highest BCUT2D eigenvalue weighted by atomic mass is 16.4. The predicted molar refractivity (Wildman–Crippen MR) is 73.6 cm³/mol. The van der Waals surface area contributed by atoms with E-state index in [1.165, 1.54) is 6.92 Å². The Bertz CT molecular complexity index is 366. The van der Waals surface area contributed by atoms with E-state index in [-0.39, 0.29) is 80.7 Å². The molecule has 0 saturated heterocycles. The van der Waals surface area contributed by atoms with Gasteiger partial charge in [0, 0.05) is 50.9 Å². The Balaban J connectivity index is 0. The van der Waals surface area contributed by atoms with E-state index in [1.807, 2.05) is 0 Å². The predicted octanol–water partition coefficient (Wildman–Crippen LogP) is 0.530. The van der Waals surface area contributed by atoms with Crippen molar-refractivity contribution in [2.75, 3.05) is 0 Å². The van der Waals surface area contributed by atoms with Gasteiger partial charge in [-0.2, -0.15) is 0 Å². The minimum atomic E-state index is -1.29. The molecule has 120 valence electrons. The summed E-state index contributed by atoms with van der Waals surface area (Å²) in [4.78, 5) is 54.8. The molecule has 0 aromatic carbocycles. The van der Waals surface area contributed by atoms with Crippen molar-refractivity contribution in [3.8, 4) is 0 Å². The highest BCUT2D eigenvalue weighted by Gasteiger charge is 2.10. The lowest BCUT2D eigenvalue weighted by Crippen LogP contribution is -2.22. The van der Waals surface area contributed by atoms with Gasteiger partial charge in [-0.15, -0.1) is 0 Å². The largest absolute Gasteiger partial charge is 0.550 e. The highest BCUT2D eigenvalue weighted by Crippen LogP contribution is 2.05. The molecule has 0 bridgehead atoms. The summed E-state index contributed by atoms with van der Waals surface area (Å²) >= 11 is 0. The molecular formula is C14H23NO6. The molecule has 0 aromatic heterocycles. The second kappa shape index (κ2) is 11.9. The van der Waals surface area contributed by atoms with Crippen molar-refractivity contribution < 1.29 is 29.1 Å². The smallest absolute Gasteiger partial charge is 0.133 e. The molecule has 0 spiro atoms. The SMILES string of the molecule is CC(=O)CCC(=O)CCC(=O)CCC(=O)CCC(=O)[O-].[NH4+]. The van der Waals surface area contributed by atoms with E-state index in [9.17, 15) is 29.1 Å². The van der Waals surface area contributed by atoms with Crippen LogP contribution in [-0.2, 0) is 24.0 Å². The second-order valence-corrected chi connectivity index (χ2v) is 4.69. The molecule has 4 N–H and O–H groups in total. The average Bonchev–Trinajstić information content (AvgIpc) is 2.37. The number of Topliss-reactive ketones (excluding diaryl/α,β-unsaturated/α-hetero) is 4. The van der Waals surface area contributed by atoms with Crippen LogP contribution in [0.3, 0.4) is 0 Å². The van der Waals surface area contributed by atoms with Gasteiger partial charge in [0.05, 0.1) is 0 Å². The third-order valence-corrected chi connectivity index (χ3v) is 2.73. The topological polar surface area (TPSA) is 145 Å². The lowest BCUT2D eigenvalue weighted by atomic mass is 10.0. The second-order valence-electron chi connectivity index (χ2n) is 4.69. The van der Waals surface area contributed by atoms with Gasteiger partial charge in [-0.3, -0.25) is 14.4 Å². The fraction of sp³-hybridized carbons (Fsp3) is 0.643. The van der Waals surface area contributed by atoms with Gasteiger partial charge in [-0.25, -0.2) is 0 Å². The molecule has 0 radical (unpaired) electrons. The van der Waals surface area contributed by atoms with Gasteiger partial charge in [0.25, 0.3) is 0 Å². The maximum absolute atomic E-state index is 11.4. The monoisotopic (exact) mass is 301 g/mol. The van der Waals surface area contributed by atoms with Crippen LogP contribution in [-0.4, -0.2) is 29.1 Å². The minimum Gasteiger partial charge on any atom is -0.550 e. The van der Waals surface area contributed by atoms with Crippen molar-refractivity contribution in [1.82, 2.24) is 6.15 Å². The van der Waals surface area contributed by atoms with E-state index in [4.69, 9.17) is 0 Å². The molecule has 0 aliphatic rings. The number of rotatable bonds is 12. The van der Waals surface area contributed by atoms with Crippen molar-refractivity contribution in [3.63, 3.8) is 0 Å². The van der Waals surface area contributed by atoms with Crippen LogP contribution in [0.15, 0.2) is 0 Å². The number of hydrogen-bond donors (Lipinski definition) is 1. The third-order valence-electron chi connectivity index (χ3n) is 2.73. The van der Waals surface area contributed by atoms with E-state index in [0.717, 1.165) is 0 Å². The highest BCUT2D eigenvalue weighted by molar-refractivity contribution is 5.90. The lowest BCUT2D eigenvalue weighted by molar-refractivity contribution is -0.305. The molecule has 0 aliphatic heterocycles. The van der Waals surface area contributed by atoms with Crippen LogP contribution in [0.25, 0.3) is 0 Å². The summed E-state index contributed by atoms with van der Waals surface area (Å²) in [6, 6.07) is 0. The van der Waals surface area contributed by atoms with Crippen molar-refractivity contribution in [2.24, 2.45) is 0 Å². The molecule has 0 saturated carbocycles. The summed E-state index contributed by atoms with van der Waals surface area (Å²) in [7, 11) is 0. The van der Waals surface area contributed by atoms with E-state index >= 15 is 0 Å². The van der Waals surface area contributed by atoms with E-state index in [0.29, 0.717) is 0 Å². The molecule has 0 aromatic rings. The summed E-state index contributed by atoms with van der Waals surface area (Å²) in [6.07, 6.45) is 0.0229. The summed E-state index contributed by atoms with van der Waals surface area (Å²) in [6.45, 7) is 1.40. The minimum absolute atomic E-state index is 0. The molecule has 0 aliphatic carbocycles. The number of ketones is 4. The van der Waals surface area contributed by atoms with Gasteiger partial charge in [-0.1, -0.05) is 0 Å². The zero-order valence-electron chi connectivity index (χ0n) is 12.6. The molecular weight excluding hydrogens is 278 g/mol. The Morgan fingerprint density at radius 3 is 1.19 bits per heavy atom. The zero-order valence-corrected chi connectivity index (χ0v) is 12.6. The zero-order chi connectivity index (χ0) is 15.5. The Hall–Kier alpha value is -1.89. The van der Waals surface area contributed by atoms with Crippen molar-refractivity contribution in [2.45, 2.75) is 58.3 Å². The molecule has 0 rings (SSSR count). The van der Waals surface area contributed by atoms with Gasteiger partial charge in [0.2, 0.25) is 0 Å². The van der Waals surface area contributed by atoms with Crippen LogP contribution in [0.2, 0.25) is 0 Å². The molecule has 21 heavy (non-hydrogen) atoms. The van der Waals surface area contributed by atoms with Crippen LogP contribution in [0.4, 0.5) is 0 Å². The summed E-state index contributed by atoms with van der Waals surface area (Å²) < 4.78 is 0. The molecule has 0 fully saturated rings. The number of carboxylic acid groups (broad SMARTS) is 1. The Morgan fingerprint density at radius 1 is 0.619 bits per heavy atom. The van der Waals surface area contributed by atoms with Crippen LogP contribution in [0.5, 0.6) is 0 Å². The molecule has 7 heteroatoms.